The van der Waals surface area contributed by atoms with E-state index in [4.69, 9.17) is 11.6 Å². The molecule has 1 heterocycles. The van der Waals surface area contributed by atoms with Crippen molar-refractivity contribution in [3.05, 3.63) is 29.0 Å². The molecule has 2 rings (SSSR count). The van der Waals surface area contributed by atoms with Gasteiger partial charge in [-0.05, 0) is 26.0 Å². The Balaban J connectivity index is 0.00000144. The van der Waals surface area contributed by atoms with E-state index in [1.807, 2.05) is 18.2 Å². The maximum absolute atomic E-state index is 9.46. The average molecular weight is 367 g/mol. The van der Waals surface area contributed by atoms with Crippen LogP contribution in [0.3, 0.4) is 0 Å². The van der Waals surface area contributed by atoms with Gasteiger partial charge in [-0.2, -0.15) is 0 Å². The van der Waals surface area contributed by atoms with Crippen LogP contribution >= 0.6 is 11.6 Å². The zero-order chi connectivity index (χ0) is 11.7. The largest absolute Gasteiger partial charge is 1.00 e. The minimum absolute atomic E-state index is 0. The number of hydrogen-bond acceptors (Lipinski definition) is 1. The lowest BCUT2D eigenvalue weighted by atomic mass is 10.3. The van der Waals surface area contributed by atoms with E-state index in [0.29, 0.717) is 0 Å². The van der Waals surface area contributed by atoms with Gasteiger partial charge in [0.1, 0.15) is 6.61 Å². The van der Waals surface area contributed by atoms with Gasteiger partial charge < -0.3 is 29.1 Å². The van der Waals surface area contributed by atoms with Crippen molar-refractivity contribution in [1.29, 1.82) is 0 Å². The molecular formula is C12H16ClIN2O. The van der Waals surface area contributed by atoms with Gasteiger partial charge in [0.25, 0.3) is 5.82 Å². The van der Waals surface area contributed by atoms with Crippen LogP contribution < -0.4 is 28.5 Å². The molecule has 3 nitrogen and oxygen atoms in total. The summed E-state index contributed by atoms with van der Waals surface area (Å²) in [4.78, 5) is 0. The van der Waals surface area contributed by atoms with Crippen LogP contribution in [0.5, 0.6) is 0 Å². The molecule has 0 bridgehead atoms. The number of nitrogens with zero attached hydrogens (tertiary/aromatic N) is 2. The SMILES string of the molecule is CCn1c(CO)[n+](CC)c2ccc(Cl)cc21.[I-]. The number of imidazole rings is 1. The van der Waals surface area contributed by atoms with E-state index in [2.05, 4.69) is 23.0 Å². The van der Waals surface area contributed by atoms with Crippen molar-refractivity contribution < 1.29 is 33.7 Å². The summed E-state index contributed by atoms with van der Waals surface area (Å²) < 4.78 is 4.22. The van der Waals surface area contributed by atoms with Crippen LogP contribution in [-0.2, 0) is 19.7 Å². The van der Waals surface area contributed by atoms with E-state index < -0.39 is 0 Å². The quantitative estimate of drug-likeness (QED) is 0.555. The number of hydrogen-bond donors (Lipinski definition) is 1. The lowest BCUT2D eigenvalue weighted by molar-refractivity contribution is -0.678. The summed E-state index contributed by atoms with van der Waals surface area (Å²) >= 11 is 6.01. The van der Waals surface area contributed by atoms with Crippen LogP contribution in [0.25, 0.3) is 11.0 Å². The van der Waals surface area contributed by atoms with Gasteiger partial charge in [-0.25, -0.2) is 9.13 Å². The summed E-state index contributed by atoms with van der Waals surface area (Å²) in [5.41, 5.74) is 2.21. The summed E-state index contributed by atoms with van der Waals surface area (Å²) in [6, 6.07) is 5.84. The number of fused-ring (bicyclic) bond motifs is 1. The highest BCUT2D eigenvalue weighted by molar-refractivity contribution is 6.31. The van der Waals surface area contributed by atoms with E-state index in [0.717, 1.165) is 35.0 Å². The monoisotopic (exact) mass is 366 g/mol. The Hall–Kier alpha value is -0.330. The third-order valence-corrected chi connectivity index (χ3v) is 3.15. The van der Waals surface area contributed by atoms with E-state index in [-0.39, 0.29) is 30.6 Å². The van der Waals surface area contributed by atoms with E-state index in [1.165, 1.54) is 0 Å². The lowest BCUT2D eigenvalue weighted by Gasteiger charge is -1.97. The number of aryl methyl sites for hydroxylation is 2. The summed E-state index contributed by atoms with van der Waals surface area (Å²) in [6.45, 7) is 5.88. The number of aliphatic hydroxyl groups is 1. The van der Waals surface area contributed by atoms with E-state index >= 15 is 0 Å². The first-order valence-electron chi connectivity index (χ1n) is 5.54. The van der Waals surface area contributed by atoms with E-state index in [9.17, 15) is 5.11 Å². The molecule has 0 atom stereocenters. The molecule has 0 aliphatic heterocycles. The summed E-state index contributed by atoms with van der Waals surface area (Å²) in [5, 5.41) is 10.2. The fraction of sp³-hybridized carbons (Fsp3) is 0.417. The van der Waals surface area contributed by atoms with Gasteiger partial charge in [-0.15, -0.1) is 0 Å². The molecule has 0 unspecified atom stereocenters. The molecule has 0 aliphatic carbocycles. The minimum atomic E-state index is 0. The Morgan fingerprint density at radius 3 is 2.59 bits per heavy atom. The highest BCUT2D eigenvalue weighted by Gasteiger charge is 2.22. The van der Waals surface area contributed by atoms with E-state index in [1.54, 1.807) is 0 Å². The van der Waals surface area contributed by atoms with Crippen LogP contribution in [0.2, 0.25) is 5.02 Å². The number of aromatic nitrogens is 2. The van der Waals surface area contributed by atoms with Gasteiger partial charge in [-0.1, -0.05) is 11.6 Å². The third kappa shape index (κ3) is 2.44. The van der Waals surface area contributed by atoms with Gasteiger partial charge in [-0.3, -0.25) is 0 Å². The Morgan fingerprint density at radius 1 is 1.35 bits per heavy atom. The zero-order valence-electron chi connectivity index (χ0n) is 9.95. The standard InChI is InChI=1S/C12H16ClN2O.HI/c1-3-14-10-6-5-9(13)7-11(10)15(4-2)12(14)8-16;/h5-7,16H,3-4,8H2,1-2H3;1H/q+1;/p-1. The predicted octanol–water partition coefficient (Wildman–Crippen LogP) is -0.882. The summed E-state index contributed by atoms with van der Waals surface area (Å²) in [7, 11) is 0. The highest BCUT2D eigenvalue weighted by Crippen LogP contribution is 2.19. The molecule has 1 N–H and O–H groups in total. The maximum atomic E-state index is 9.46. The van der Waals surface area contributed by atoms with Crippen LogP contribution in [-0.4, -0.2) is 9.67 Å². The molecule has 1 aromatic carbocycles. The lowest BCUT2D eigenvalue weighted by Crippen LogP contribution is -3.00. The molecule has 0 saturated carbocycles. The first-order chi connectivity index (χ1) is 7.72. The van der Waals surface area contributed by atoms with Crippen molar-refractivity contribution in [2.75, 3.05) is 0 Å². The van der Waals surface area contributed by atoms with Crippen molar-refractivity contribution >= 4 is 22.6 Å². The van der Waals surface area contributed by atoms with Crippen LogP contribution in [0.4, 0.5) is 0 Å². The molecule has 0 fully saturated rings. The minimum Gasteiger partial charge on any atom is -1.00 e. The topological polar surface area (TPSA) is 29.0 Å². The smallest absolute Gasteiger partial charge is 0.283 e. The fourth-order valence-corrected chi connectivity index (χ4v) is 2.41. The van der Waals surface area contributed by atoms with Gasteiger partial charge in [0, 0.05) is 11.1 Å². The number of aliphatic hydroxyl groups excluding tert-OH is 1. The molecule has 0 radical (unpaired) electrons. The Morgan fingerprint density at radius 2 is 2.06 bits per heavy atom. The Bertz CT molecular complexity index is 525. The predicted molar refractivity (Wildman–Crippen MR) is 64.4 cm³/mol. The van der Waals surface area contributed by atoms with Crippen molar-refractivity contribution in [3.63, 3.8) is 0 Å². The average Bonchev–Trinajstić information content (AvgIpc) is 2.60. The molecule has 2 aromatic rings. The fourth-order valence-electron chi connectivity index (χ4n) is 2.24. The Kier molecular flexibility index (Phi) is 5.22. The summed E-state index contributed by atoms with van der Waals surface area (Å²) in [5.74, 6) is 0.933. The first-order valence-corrected chi connectivity index (χ1v) is 5.92. The van der Waals surface area contributed by atoms with Crippen molar-refractivity contribution in [3.8, 4) is 0 Å². The molecule has 17 heavy (non-hydrogen) atoms. The second-order valence-electron chi connectivity index (χ2n) is 3.70. The van der Waals surface area contributed by atoms with Crippen molar-refractivity contribution in [2.45, 2.75) is 33.5 Å². The molecule has 0 spiro atoms. The molecule has 0 amide bonds. The molecule has 0 aliphatic rings. The number of benzene rings is 1. The number of rotatable bonds is 3. The maximum Gasteiger partial charge on any atom is 0.283 e. The van der Waals surface area contributed by atoms with Crippen molar-refractivity contribution in [1.82, 2.24) is 4.57 Å². The van der Waals surface area contributed by atoms with Gasteiger partial charge in [0.2, 0.25) is 0 Å². The third-order valence-electron chi connectivity index (χ3n) is 2.92. The van der Waals surface area contributed by atoms with Crippen molar-refractivity contribution in [2.24, 2.45) is 0 Å². The highest BCUT2D eigenvalue weighted by atomic mass is 127. The first kappa shape index (κ1) is 14.7. The van der Waals surface area contributed by atoms with Gasteiger partial charge in [0.15, 0.2) is 11.0 Å². The normalized spacial score (nSPS) is 10.6. The zero-order valence-corrected chi connectivity index (χ0v) is 12.9. The molecule has 5 heteroatoms. The Labute approximate surface area is 123 Å². The van der Waals surface area contributed by atoms with Crippen LogP contribution in [0, 0.1) is 0 Å². The van der Waals surface area contributed by atoms with Crippen LogP contribution in [0.15, 0.2) is 18.2 Å². The van der Waals surface area contributed by atoms with Gasteiger partial charge >= 0.3 is 0 Å². The number of halogens is 2. The van der Waals surface area contributed by atoms with Gasteiger partial charge in [0.05, 0.1) is 13.1 Å². The molecular weight excluding hydrogens is 351 g/mol. The summed E-state index contributed by atoms with van der Waals surface area (Å²) in [6.07, 6.45) is 0. The molecule has 94 valence electrons. The molecule has 1 aromatic heterocycles. The second-order valence-corrected chi connectivity index (χ2v) is 4.13. The second kappa shape index (κ2) is 6.02. The molecule has 0 saturated heterocycles. The van der Waals surface area contributed by atoms with Crippen LogP contribution in [0.1, 0.15) is 19.7 Å².